The van der Waals surface area contributed by atoms with E-state index in [-0.39, 0.29) is 12.1 Å². The molecule has 0 spiro atoms. The van der Waals surface area contributed by atoms with E-state index >= 15 is 0 Å². The number of fused-ring (bicyclic) bond motifs is 1. The van der Waals surface area contributed by atoms with E-state index in [1.807, 2.05) is 20.8 Å². The van der Waals surface area contributed by atoms with Crippen molar-refractivity contribution < 1.29 is 9.53 Å². The Morgan fingerprint density at radius 3 is 2.72 bits per heavy atom. The van der Waals surface area contributed by atoms with E-state index < -0.39 is 5.60 Å². The van der Waals surface area contributed by atoms with Gasteiger partial charge in [-0.1, -0.05) is 5.11 Å². The minimum Gasteiger partial charge on any atom is -0.444 e. The Hall–Kier alpha value is -1.42. The van der Waals surface area contributed by atoms with Crippen LogP contribution in [0, 0.1) is 11.8 Å². The second kappa shape index (κ2) is 4.69. The Morgan fingerprint density at radius 1 is 1.39 bits per heavy atom. The van der Waals surface area contributed by atoms with Crippen LogP contribution in [0.1, 0.15) is 33.6 Å². The molecule has 1 aliphatic heterocycles. The summed E-state index contributed by atoms with van der Waals surface area (Å²) in [4.78, 5) is 16.6. The summed E-state index contributed by atoms with van der Waals surface area (Å²) in [6.45, 7) is 6.99. The lowest BCUT2D eigenvalue weighted by molar-refractivity contribution is 0.0279. The van der Waals surface area contributed by atoms with Crippen LogP contribution in [-0.4, -0.2) is 35.7 Å². The van der Waals surface area contributed by atoms with Crippen LogP contribution in [0.4, 0.5) is 4.79 Å². The quantitative estimate of drug-likeness (QED) is 0.408. The van der Waals surface area contributed by atoms with Crippen molar-refractivity contribution in [2.45, 2.75) is 45.3 Å². The van der Waals surface area contributed by atoms with Gasteiger partial charge in [0.25, 0.3) is 0 Å². The summed E-state index contributed by atoms with van der Waals surface area (Å²) >= 11 is 0. The van der Waals surface area contributed by atoms with Gasteiger partial charge in [0.1, 0.15) is 5.60 Å². The monoisotopic (exact) mass is 252 g/mol. The first-order chi connectivity index (χ1) is 8.40. The molecule has 0 aromatic heterocycles. The van der Waals surface area contributed by atoms with Gasteiger partial charge >= 0.3 is 6.09 Å². The molecule has 1 heterocycles. The summed E-state index contributed by atoms with van der Waals surface area (Å²) in [5, 5.41) is 3.84. The minimum absolute atomic E-state index is 0.0486. The average Bonchev–Trinajstić information content (AvgIpc) is 2.77. The van der Waals surface area contributed by atoms with Gasteiger partial charge in [-0.3, -0.25) is 0 Å². The second-order valence-electron chi connectivity index (χ2n) is 6.16. The van der Waals surface area contributed by atoms with Gasteiger partial charge in [-0.25, -0.2) is 4.79 Å². The first-order valence-electron chi connectivity index (χ1n) is 6.43. The number of hydrogen-bond donors (Lipinski definition) is 0. The van der Waals surface area contributed by atoms with Crippen LogP contribution in [0.2, 0.25) is 0 Å². The number of nitrogens with zero attached hydrogens (tertiary/aromatic N) is 4. The predicted molar refractivity (Wildman–Crippen MR) is 67.0 cm³/mol. The zero-order chi connectivity index (χ0) is 13.3. The lowest BCUT2D eigenvalue weighted by atomic mass is 9.98. The average molecular weight is 252 g/mol. The summed E-state index contributed by atoms with van der Waals surface area (Å²) in [5.41, 5.74) is 8.07. The predicted octanol–water partition coefficient (Wildman–Crippen LogP) is 2.94. The molecule has 1 saturated carbocycles. The van der Waals surface area contributed by atoms with Gasteiger partial charge < -0.3 is 9.64 Å². The van der Waals surface area contributed by atoms with Gasteiger partial charge in [-0.2, -0.15) is 0 Å². The summed E-state index contributed by atoms with van der Waals surface area (Å²) in [5.74, 6) is 0.779. The molecule has 1 amide bonds. The van der Waals surface area contributed by atoms with Crippen LogP contribution in [-0.2, 0) is 4.74 Å². The highest BCUT2D eigenvalue weighted by atomic mass is 16.6. The Balaban J connectivity index is 1.96. The van der Waals surface area contributed by atoms with Gasteiger partial charge in [0.15, 0.2) is 0 Å². The molecule has 2 fully saturated rings. The summed E-state index contributed by atoms with van der Waals surface area (Å²) in [6.07, 6.45) is 1.73. The standard InChI is InChI=1S/C12H20N4O2/c1-12(2,3)18-11(17)16-6-8-4-5-10(14-15-13)9(8)7-16/h8-10H,4-7H2,1-3H3/t8-,9-,10+/m1/s1. The van der Waals surface area contributed by atoms with E-state index in [0.717, 1.165) is 19.4 Å². The largest absolute Gasteiger partial charge is 0.444 e. The fourth-order valence-corrected chi connectivity index (χ4v) is 2.92. The number of hydrogen-bond acceptors (Lipinski definition) is 3. The highest BCUT2D eigenvalue weighted by Gasteiger charge is 2.44. The van der Waals surface area contributed by atoms with Crippen molar-refractivity contribution in [1.29, 1.82) is 0 Å². The SMILES string of the molecule is CC(C)(C)OC(=O)N1C[C@H]2CC[C@H](N=[N+]=[N-])[C@@H]2C1. The van der Waals surface area contributed by atoms with Crippen molar-refractivity contribution in [2.24, 2.45) is 17.0 Å². The van der Waals surface area contributed by atoms with Crippen LogP contribution >= 0.6 is 0 Å². The molecule has 1 saturated heterocycles. The highest BCUT2D eigenvalue weighted by Crippen LogP contribution is 2.40. The molecule has 1 aliphatic carbocycles. The van der Waals surface area contributed by atoms with E-state index in [0.29, 0.717) is 18.4 Å². The van der Waals surface area contributed by atoms with Crippen LogP contribution in [0.25, 0.3) is 10.4 Å². The third-order valence-corrected chi connectivity index (χ3v) is 3.67. The van der Waals surface area contributed by atoms with Gasteiger partial charge in [0.05, 0.1) is 0 Å². The van der Waals surface area contributed by atoms with Crippen LogP contribution in [0.3, 0.4) is 0 Å². The first-order valence-corrected chi connectivity index (χ1v) is 6.43. The van der Waals surface area contributed by atoms with Crippen molar-refractivity contribution in [3.05, 3.63) is 10.4 Å². The summed E-state index contributed by atoms with van der Waals surface area (Å²) in [7, 11) is 0. The van der Waals surface area contributed by atoms with Crippen LogP contribution in [0.15, 0.2) is 5.11 Å². The molecule has 0 unspecified atom stereocenters. The van der Waals surface area contributed by atoms with Gasteiger partial charge in [0.2, 0.25) is 0 Å². The Labute approximate surface area is 107 Å². The molecule has 6 heteroatoms. The molecule has 2 aliphatic rings. The van der Waals surface area contributed by atoms with E-state index in [1.165, 1.54) is 0 Å². The number of azide groups is 1. The van der Waals surface area contributed by atoms with Crippen molar-refractivity contribution in [3.63, 3.8) is 0 Å². The van der Waals surface area contributed by atoms with Crippen LogP contribution < -0.4 is 0 Å². The molecule has 0 N–H and O–H groups in total. The molecule has 18 heavy (non-hydrogen) atoms. The molecular formula is C12H20N4O2. The third-order valence-electron chi connectivity index (χ3n) is 3.67. The van der Waals surface area contributed by atoms with Crippen molar-refractivity contribution >= 4 is 6.09 Å². The Morgan fingerprint density at radius 2 is 2.11 bits per heavy atom. The fourth-order valence-electron chi connectivity index (χ4n) is 2.92. The van der Waals surface area contributed by atoms with Gasteiger partial charge in [-0.05, 0) is 51.0 Å². The van der Waals surface area contributed by atoms with E-state index in [4.69, 9.17) is 10.3 Å². The van der Waals surface area contributed by atoms with Crippen LogP contribution in [0.5, 0.6) is 0 Å². The molecule has 0 bridgehead atoms. The fraction of sp³-hybridized carbons (Fsp3) is 0.917. The lowest BCUT2D eigenvalue weighted by Crippen LogP contribution is -2.36. The summed E-state index contributed by atoms with van der Waals surface area (Å²) < 4.78 is 5.37. The smallest absolute Gasteiger partial charge is 0.410 e. The maximum absolute atomic E-state index is 12.0. The molecule has 0 radical (unpaired) electrons. The second-order valence-corrected chi connectivity index (χ2v) is 6.16. The maximum atomic E-state index is 12.0. The number of likely N-dealkylation sites (tertiary alicyclic amines) is 1. The topological polar surface area (TPSA) is 78.3 Å². The highest BCUT2D eigenvalue weighted by molar-refractivity contribution is 5.68. The molecule has 2 rings (SSSR count). The van der Waals surface area contributed by atoms with Gasteiger partial charge in [-0.15, -0.1) is 0 Å². The van der Waals surface area contributed by atoms with Crippen molar-refractivity contribution in [3.8, 4) is 0 Å². The third kappa shape index (κ3) is 2.70. The zero-order valence-electron chi connectivity index (χ0n) is 11.2. The number of rotatable bonds is 1. The normalized spacial score (nSPS) is 30.8. The van der Waals surface area contributed by atoms with E-state index in [9.17, 15) is 4.79 Å². The van der Waals surface area contributed by atoms with Gasteiger partial charge in [0, 0.05) is 24.0 Å². The number of amides is 1. The molecule has 0 aromatic carbocycles. The lowest BCUT2D eigenvalue weighted by Gasteiger charge is -2.25. The van der Waals surface area contributed by atoms with E-state index in [1.54, 1.807) is 4.90 Å². The summed E-state index contributed by atoms with van der Waals surface area (Å²) in [6, 6.07) is 0.0486. The first kappa shape index (κ1) is 13.0. The Kier molecular flexibility index (Phi) is 3.39. The Bertz CT molecular complexity index is 384. The van der Waals surface area contributed by atoms with Crippen molar-refractivity contribution in [1.82, 2.24) is 4.90 Å². The number of carbonyl (C=O) groups is 1. The molecule has 6 nitrogen and oxygen atoms in total. The van der Waals surface area contributed by atoms with E-state index in [2.05, 4.69) is 10.0 Å². The molecular weight excluding hydrogens is 232 g/mol. The zero-order valence-corrected chi connectivity index (χ0v) is 11.2. The molecule has 3 atom stereocenters. The van der Waals surface area contributed by atoms with Crippen molar-refractivity contribution in [2.75, 3.05) is 13.1 Å². The maximum Gasteiger partial charge on any atom is 0.410 e. The number of ether oxygens (including phenoxy) is 1. The minimum atomic E-state index is -0.459. The molecule has 100 valence electrons. The molecule has 0 aromatic rings. The number of carbonyl (C=O) groups excluding carboxylic acids is 1.